The fourth-order valence-electron chi connectivity index (χ4n) is 5.56. The largest absolute Gasteiger partial charge is 0.326 e. The molecule has 0 unspecified atom stereocenters. The van der Waals surface area contributed by atoms with Crippen LogP contribution in [0.1, 0.15) is 38.7 Å². The number of benzene rings is 1. The molecule has 2 bridgehead atoms. The predicted octanol–water partition coefficient (Wildman–Crippen LogP) is 3.26. The molecule has 142 valence electrons. The minimum Gasteiger partial charge on any atom is -0.326 e. The first kappa shape index (κ1) is 18.0. The summed E-state index contributed by atoms with van der Waals surface area (Å²) in [7, 11) is -3.54. The maximum Gasteiger partial charge on any atom is 0.243 e. The maximum atomic E-state index is 12.9. The quantitative estimate of drug-likeness (QED) is 0.829. The SMILES string of the molecule is CCN(CC)S(=O)(=O)c1cc(NC(=O)C2[C@H]3[C@H]4CC[C@@H](C4)[C@H]23)ccc1C. The second-order valence-corrected chi connectivity index (χ2v) is 9.98. The molecule has 26 heavy (non-hydrogen) atoms. The Morgan fingerprint density at radius 1 is 1.15 bits per heavy atom. The van der Waals surface area contributed by atoms with Crippen LogP contribution in [0.2, 0.25) is 0 Å². The van der Waals surface area contributed by atoms with Gasteiger partial charge in [0.1, 0.15) is 0 Å². The average molecular weight is 377 g/mol. The Balaban J connectivity index is 1.53. The molecule has 6 heteroatoms. The molecule has 3 aliphatic carbocycles. The van der Waals surface area contributed by atoms with Crippen molar-refractivity contribution in [2.24, 2.45) is 29.6 Å². The summed E-state index contributed by atoms with van der Waals surface area (Å²) >= 11 is 0. The summed E-state index contributed by atoms with van der Waals surface area (Å²) in [5.41, 5.74) is 1.29. The van der Waals surface area contributed by atoms with Gasteiger partial charge in [-0.2, -0.15) is 4.31 Å². The van der Waals surface area contributed by atoms with Gasteiger partial charge in [0, 0.05) is 24.7 Å². The number of nitrogens with zero attached hydrogens (tertiary/aromatic N) is 1. The summed E-state index contributed by atoms with van der Waals surface area (Å²) in [6.45, 7) is 6.33. The van der Waals surface area contributed by atoms with Crippen LogP contribution in [-0.2, 0) is 14.8 Å². The number of sulfonamides is 1. The highest BCUT2D eigenvalue weighted by atomic mass is 32.2. The van der Waals surface area contributed by atoms with Gasteiger partial charge in [-0.3, -0.25) is 4.79 Å². The zero-order chi connectivity index (χ0) is 18.6. The van der Waals surface area contributed by atoms with Crippen molar-refractivity contribution in [3.63, 3.8) is 0 Å². The topological polar surface area (TPSA) is 66.5 Å². The Morgan fingerprint density at radius 2 is 1.77 bits per heavy atom. The van der Waals surface area contributed by atoms with Gasteiger partial charge < -0.3 is 5.32 Å². The number of carbonyl (C=O) groups excluding carboxylic acids is 1. The number of aryl methyl sites for hydroxylation is 1. The first-order chi connectivity index (χ1) is 12.4. The number of hydrogen-bond acceptors (Lipinski definition) is 3. The van der Waals surface area contributed by atoms with E-state index in [0.717, 1.165) is 11.8 Å². The fraction of sp³-hybridized carbons (Fsp3) is 0.650. The third-order valence-electron chi connectivity index (χ3n) is 6.82. The Morgan fingerprint density at radius 3 is 2.35 bits per heavy atom. The number of rotatable bonds is 6. The first-order valence-electron chi connectivity index (χ1n) is 9.80. The van der Waals surface area contributed by atoms with Gasteiger partial charge in [-0.25, -0.2) is 8.42 Å². The Hall–Kier alpha value is -1.40. The normalized spacial score (nSPS) is 31.9. The number of nitrogens with one attached hydrogen (secondary N) is 1. The van der Waals surface area contributed by atoms with E-state index in [9.17, 15) is 13.2 Å². The van der Waals surface area contributed by atoms with Gasteiger partial charge in [-0.15, -0.1) is 0 Å². The van der Waals surface area contributed by atoms with Crippen LogP contribution >= 0.6 is 0 Å². The van der Waals surface area contributed by atoms with Crippen molar-refractivity contribution in [3.8, 4) is 0 Å². The zero-order valence-corrected chi connectivity index (χ0v) is 16.6. The van der Waals surface area contributed by atoms with Gasteiger partial charge >= 0.3 is 0 Å². The summed E-state index contributed by atoms with van der Waals surface area (Å²) in [5.74, 6) is 2.88. The van der Waals surface area contributed by atoms with Crippen LogP contribution in [0.15, 0.2) is 23.1 Å². The highest BCUT2D eigenvalue weighted by molar-refractivity contribution is 7.89. The molecule has 5 nitrogen and oxygen atoms in total. The van der Waals surface area contributed by atoms with Crippen molar-refractivity contribution >= 4 is 21.6 Å². The number of carbonyl (C=O) groups is 1. The molecular formula is C20H28N2O3S. The van der Waals surface area contributed by atoms with Crippen molar-refractivity contribution in [3.05, 3.63) is 23.8 Å². The van der Waals surface area contributed by atoms with Gasteiger partial charge in [-0.1, -0.05) is 19.9 Å². The van der Waals surface area contributed by atoms with E-state index in [4.69, 9.17) is 0 Å². The van der Waals surface area contributed by atoms with E-state index in [2.05, 4.69) is 5.32 Å². The number of fused-ring (bicyclic) bond motifs is 5. The molecule has 3 saturated carbocycles. The number of anilines is 1. The minimum atomic E-state index is -3.54. The Labute approximate surface area is 156 Å². The molecule has 4 rings (SSSR count). The molecule has 1 amide bonds. The second-order valence-electron chi connectivity index (χ2n) is 8.07. The average Bonchev–Trinajstić information content (AvgIpc) is 3.05. The highest BCUT2D eigenvalue weighted by Crippen LogP contribution is 2.69. The lowest BCUT2D eigenvalue weighted by molar-refractivity contribution is -0.118. The van der Waals surface area contributed by atoms with E-state index in [1.165, 1.54) is 23.6 Å². The molecule has 0 spiro atoms. The maximum absolute atomic E-state index is 12.9. The van der Waals surface area contributed by atoms with Crippen LogP contribution < -0.4 is 5.32 Å². The van der Waals surface area contributed by atoms with Gasteiger partial charge in [-0.05, 0) is 67.6 Å². The van der Waals surface area contributed by atoms with Crippen LogP contribution in [0.3, 0.4) is 0 Å². The van der Waals surface area contributed by atoms with Crippen LogP contribution in [0.5, 0.6) is 0 Å². The smallest absolute Gasteiger partial charge is 0.243 e. The van der Waals surface area contributed by atoms with E-state index in [1.54, 1.807) is 25.1 Å². The molecule has 0 aliphatic heterocycles. The molecule has 0 saturated heterocycles. The molecule has 0 heterocycles. The fourth-order valence-corrected chi connectivity index (χ4v) is 7.27. The Bertz CT molecular complexity index is 815. The Kier molecular flexibility index (Phi) is 4.39. The van der Waals surface area contributed by atoms with Crippen molar-refractivity contribution in [1.82, 2.24) is 4.31 Å². The van der Waals surface area contributed by atoms with E-state index < -0.39 is 10.0 Å². The standard InChI is InChI=1S/C20H28N2O3S/c1-4-22(5-2)26(24,25)16-11-15(9-6-12(16)3)21-20(23)19-17-13-7-8-14(10-13)18(17)19/h6,9,11,13-14,17-19H,4-5,7-8,10H2,1-3H3,(H,21,23)/t13-,14-,17-,18-/m0/s1. The van der Waals surface area contributed by atoms with Gasteiger partial charge in [0.05, 0.1) is 4.90 Å². The van der Waals surface area contributed by atoms with Gasteiger partial charge in [0.2, 0.25) is 15.9 Å². The van der Waals surface area contributed by atoms with Gasteiger partial charge in [0.25, 0.3) is 0 Å². The van der Waals surface area contributed by atoms with Crippen molar-refractivity contribution in [2.45, 2.75) is 44.9 Å². The first-order valence-corrected chi connectivity index (χ1v) is 11.2. The van der Waals surface area contributed by atoms with E-state index in [0.29, 0.717) is 36.2 Å². The molecule has 3 fully saturated rings. The van der Waals surface area contributed by atoms with Crippen LogP contribution in [-0.4, -0.2) is 31.7 Å². The molecular weight excluding hydrogens is 348 g/mol. The lowest BCUT2D eigenvalue weighted by Gasteiger charge is -2.20. The zero-order valence-electron chi connectivity index (χ0n) is 15.7. The highest BCUT2D eigenvalue weighted by Gasteiger charge is 2.67. The van der Waals surface area contributed by atoms with E-state index >= 15 is 0 Å². The summed E-state index contributed by atoms with van der Waals surface area (Å²) in [5, 5.41) is 2.99. The summed E-state index contributed by atoms with van der Waals surface area (Å²) in [6.07, 6.45) is 3.88. The van der Waals surface area contributed by atoms with Crippen molar-refractivity contribution in [2.75, 3.05) is 18.4 Å². The molecule has 0 aromatic heterocycles. The molecule has 1 N–H and O–H groups in total. The molecule has 1 aromatic carbocycles. The van der Waals surface area contributed by atoms with Crippen molar-refractivity contribution < 1.29 is 13.2 Å². The monoisotopic (exact) mass is 376 g/mol. The van der Waals surface area contributed by atoms with Crippen LogP contribution in [0, 0.1) is 36.5 Å². The number of hydrogen-bond donors (Lipinski definition) is 1. The third-order valence-corrected chi connectivity index (χ3v) is 9.01. The molecule has 4 atom stereocenters. The lowest BCUT2D eigenvalue weighted by atomic mass is 10.0. The lowest BCUT2D eigenvalue weighted by Crippen LogP contribution is -2.31. The predicted molar refractivity (Wildman–Crippen MR) is 101 cm³/mol. The molecule has 0 radical (unpaired) electrons. The summed E-state index contributed by atoms with van der Waals surface area (Å²) in [4.78, 5) is 13.0. The molecule has 3 aliphatic rings. The summed E-state index contributed by atoms with van der Waals surface area (Å²) < 4.78 is 27.2. The van der Waals surface area contributed by atoms with E-state index in [-0.39, 0.29) is 16.7 Å². The van der Waals surface area contributed by atoms with Crippen LogP contribution in [0.25, 0.3) is 0 Å². The second kappa shape index (κ2) is 6.34. The van der Waals surface area contributed by atoms with E-state index in [1.807, 2.05) is 13.8 Å². The number of amides is 1. The third kappa shape index (κ3) is 2.69. The van der Waals surface area contributed by atoms with Gasteiger partial charge in [0.15, 0.2) is 0 Å². The van der Waals surface area contributed by atoms with Crippen LogP contribution in [0.4, 0.5) is 5.69 Å². The van der Waals surface area contributed by atoms with Crippen molar-refractivity contribution in [1.29, 1.82) is 0 Å². The summed E-state index contributed by atoms with van der Waals surface area (Å²) in [6, 6.07) is 5.21. The minimum absolute atomic E-state index is 0.0756. The molecule has 1 aromatic rings.